The highest BCUT2D eigenvalue weighted by atomic mass is 127. The van der Waals surface area contributed by atoms with Gasteiger partial charge in [-0.1, -0.05) is 11.8 Å². The Morgan fingerprint density at radius 2 is 2.04 bits per heavy atom. The van der Waals surface area contributed by atoms with E-state index in [1.54, 1.807) is 22.6 Å². The summed E-state index contributed by atoms with van der Waals surface area (Å²) >= 11 is 2.95. The lowest BCUT2D eigenvalue weighted by atomic mass is 10.2. The Labute approximate surface area is 166 Å². The van der Waals surface area contributed by atoms with Crippen molar-refractivity contribution in [1.82, 2.24) is 15.4 Å². The number of thioether (sulfide) groups is 1. The summed E-state index contributed by atoms with van der Waals surface area (Å²) in [5.74, 6) is -0.487. The fraction of sp³-hybridized carbons (Fsp3) is 0.200. The summed E-state index contributed by atoms with van der Waals surface area (Å²) in [5, 5.41) is 25.0. The van der Waals surface area contributed by atoms with Crippen LogP contribution in [-0.4, -0.2) is 37.9 Å². The maximum atomic E-state index is 11.8. The smallest absolute Gasteiger partial charge is 0.271 e. The average molecular weight is 487 g/mol. The number of hydrazone groups is 1. The molecule has 2 aromatic rings. The van der Waals surface area contributed by atoms with Crippen LogP contribution in [0, 0.1) is 27.5 Å². The lowest BCUT2D eigenvalue weighted by Crippen LogP contribution is -2.19. The number of hydrogen-bond acceptors (Lipinski definition) is 8. The number of nitro benzene ring substituents is 1. The number of hydrogen-bond donors (Lipinski definition) is 2. The van der Waals surface area contributed by atoms with E-state index >= 15 is 0 Å². The van der Waals surface area contributed by atoms with Gasteiger partial charge in [-0.05, 0) is 42.5 Å². The number of halogens is 1. The van der Waals surface area contributed by atoms with E-state index in [2.05, 4.69) is 20.5 Å². The van der Waals surface area contributed by atoms with Gasteiger partial charge in [0.05, 0.1) is 20.5 Å². The number of aryl methyl sites for hydroxylation is 2. The Balaban J connectivity index is 1.97. The fourth-order valence-corrected chi connectivity index (χ4v) is 3.28. The third-order valence-electron chi connectivity index (χ3n) is 2.98. The van der Waals surface area contributed by atoms with Crippen LogP contribution in [0.15, 0.2) is 28.5 Å². The maximum Gasteiger partial charge on any atom is 0.271 e. The predicted octanol–water partition coefficient (Wildman–Crippen LogP) is 2.55. The maximum absolute atomic E-state index is 11.8. The van der Waals surface area contributed by atoms with E-state index in [1.165, 1.54) is 23.9 Å². The number of nitro groups is 1. The van der Waals surface area contributed by atoms with Crippen LogP contribution in [0.3, 0.4) is 0 Å². The molecule has 9 nitrogen and oxygen atoms in total. The minimum Gasteiger partial charge on any atom is -0.506 e. The molecule has 2 N–H and O–H groups in total. The van der Waals surface area contributed by atoms with Gasteiger partial charge in [-0.25, -0.2) is 15.4 Å². The first-order chi connectivity index (χ1) is 12.3. The van der Waals surface area contributed by atoms with Crippen molar-refractivity contribution in [1.29, 1.82) is 0 Å². The first-order valence-electron chi connectivity index (χ1n) is 7.20. The lowest BCUT2D eigenvalue weighted by Gasteiger charge is -2.03. The van der Waals surface area contributed by atoms with Gasteiger partial charge >= 0.3 is 0 Å². The Morgan fingerprint density at radius 3 is 2.65 bits per heavy atom. The van der Waals surface area contributed by atoms with Crippen molar-refractivity contribution in [3.63, 3.8) is 0 Å². The van der Waals surface area contributed by atoms with Crippen molar-refractivity contribution in [2.45, 2.75) is 19.0 Å². The van der Waals surface area contributed by atoms with Crippen molar-refractivity contribution in [3.05, 3.63) is 48.8 Å². The van der Waals surface area contributed by atoms with Gasteiger partial charge in [0.25, 0.3) is 11.6 Å². The number of carbonyl (C=O) groups is 1. The quantitative estimate of drug-likeness (QED) is 0.160. The molecule has 0 saturated heterocycles. The Bertz CT molecular complexity index is 870. The zero-order valence-electron chi connectivity index (χ0n) is 13.8. The highest BCUT2D eigenvalue weighted by Gasteiger charge is 2.13. The number of phenolic OH excluding ortho intramolecular Hbond substituents is 1. The zero-order chi connectivity index (χ0) is 19.3. The molecule has 0 aliphatic carbocycles. The number of benzene rings is 1. The number of non-ortho nitro benzene ring substituents is 1. The van der Waals surface area contributed by atoms with Crippen molar-refractivity contribution in [2.24, 2.45) is 5.10 Å². The van der Waals surface area contributed by atoms with Gasteiger partial charge in [-0.2, -0.15) is 5.10 Å². The molecule has 0 aliphatic heterocycles. The molecule has 1 aromatic carbocycles. The number of phenols is 1. The van der Waals surface area contributed by atoms with Gasteiger partial charge in [-0.3, -0.25) is 14.9 Å². The van der Waals surface area contributed by atoms with Gasteiger partial charge in [-0.15, -0.1) is 0 Å². The highest BCUT2D eigenvalue weighted by molar-refractivity contribution is 14.1. The molecule has 0 unspecified atom stereocenters. The molecule has 0 atom stereocenters. The van der Waals surface area contributed by atoms with Crippen LogP contribution in [0.5, 0.6) is 5.75 Å². The van der Waals surface area contributed by atoms with Gasteiger partial charge in [0, 0.05) is 29.1 Å². The lowest BCUT2D eigenvalue weighted by molar-refractivity contribution is -0.385. The Hall–Kier alpha value is -2.28. The van der Waals surface area contributed by atoms with E-state index in [9.17, 15) is 20.0 Å². The number of rotatable bonds is 6. The monoisotopic (exact) mass is 487 g/mol. The zero-order valence-corrected chi connectivity index (χ0v) is 16.7. The Morgan fingerprint density at radius 1 is 1.38 bits per heavy atom. The minimum atomic E-state index is -0.571. The molecule has 0 saturated carbocycles. The van der Waals surface area contributed by atoms with Crippen molar-refractivity contribution < 1.29 is 14.8 Å². The summed E-state index contributed by atoms with van der Waals surface area (Å²) < 4.78 is 0.312. The van der Waals surface area contributed by atoms with E-state index in [1.807, 2.05) is 19.9 Å². The number of amides is 1. The molecular formula is C15H14IN5O4S. The third-order valence-corrected chi connectivity index (χ3v) is 4.65. The molecule has 26 heavy (non-hydrogen) atoms. The number of nitrogens with zero attached hydrogens (tertiary/aromatic N) is 4. The third kappa shape index (κ3) is 5.62. The summed E-state index contributed by atoms with van der Waals surface area (Å²) in [6.07, 6.45) is 1.15. The molecule has 1 amide bonds. The fourth-order valence-electron chi connectivity index (χ4n) is 1.90. The van der Waals surface area contributed by atoms with Crippen LogP contribution in [-0.2, 0) is 4.79 Å². The molecule has 0 radical (unpaired) electrons. The van der Waals surface area contributed by atoms with Gasteiger partial charge in [0.15, 0.2) is 5.16 Å². The van der Waals surface area contributed by atoms with Crippen molar-refractivity contribution >= 4 is 52.2 Å². The molecule has 1 heterocycles. The molecular weight excluding hydrogens is 473 g/mol. The SMILES string of the molecule is Cc1cc(C)nc(SCC(=O)N/N=C\c2cc([N+](=O)[O-])cc(I)c2O)n1. The number of carbonyl (C=O) groups excluding carboxylic acids is 1. The van der Waals surface area contributed by atoms with E-state index in [4.69, 9.17) is 0 Å². The number of nitrogens with one attached hydrogen (secondary N) is 1. The second-order valence-corrected chi connectivity index (χ2v) is 7.24. The van der Waals surface area contributed by atoms with E-state index < -0.39 is 10.8 Å². The first-order valence-corrected chi connectivity index (χ1v) is 9.26. The summed E-state index contributed by atoms with van der Waals surface area (Å²) in [6, 6.07) is 4.25. The molecule has 0 fully saturated rings. The second-order valence-electron chi connectivity index (χ2n) is 5.14. The normalized spacial score (nSPS) is 10.9. The van der Waals surface area contributed by atoms with Crippen LogP contribution < -0.4 is 5.43 Å². The van der Waals surface area contributed by atoms with Crippen molar-refractivity contribution in [3.8, 4) is 5.75 Å². The van der Waals surface area contributed by atoms with Gasteiger partial charge in [0.2, 0.25) is 0 Å². The van der Waals surface area contributed by atoms with Gasteiger partial charge < -0.3 is 5.11 Å². The van der Waals surface area contributed by atoms with Crippen LogP contribution in [0.4, 0.5) is 5.69 Å². The molecule has 0 aliphatic rings. The number of aromatic nitrogens is 2. The molecule has 0 spiro atoms. The van der Waals surface area contributed by atoms with Crippen LogP contribution in [0.1, 0.15) is 17.0 Å². The Kier molecular flexibility index (Phi) is 6.85. The summed E-state index contributed by atoms with van der Waals surface area (Å²) in [4.78, 5) is 30.6. The van der Waals surface area contributed by atoms with Crippen LogP contribution >= 0.6 is 34.4 Å². The molecule has 11 heteroatoms. The second kappa shape index (κ2) is 8.89. The van der Waals surface area contributed by atoms with Crippen molar-refractivity contribution in [2.75, 3.05) is 5.75 Å². The first kappa shape index (κ1) is 20.0. The molecule has 0 bridgehead atoms. The summed E-state index contributed by atoms with van der Waals surface area (Å²) in [5.41, 5.74) is 3.88. The highest BCUT2D eigenvalue weighted by Crippen LogP contribution is 2.28. The average Bonchev–Trinajstić information content (AvgIpc) is 2.55. The number of aromatic hydroxyl groups is 1. The predicted molar refractivity (Wildman–Crippen MR) is 105 cm³/mol. The summed E-state index contributed by atoms with van der Waals surface area (Å²) in [7, 11) is 0. The molecule has 1 aromatic heterocycles. The summed E-state index contributed by atoms with van der Waals surface area (Å²) in [6.45, 7) is 3.69. The molecule has 136 valence electrons. The van der Waals surface area contributed by atoms with Gasteiger partial charge in [0.1, 0.15) is 5.75 Å². The van der Waals surface area contributed by atoms with E-state index in [0.29, 0.717) is 8.73 Å². The standard InChI is InChI=1S/C15H14IN5O4S/c1-8-3-9(2)19-15(18-8)26-7-13(22)20-17-6-10-4-11(21(24)25)5-12(16)14(10)23/h3-6,23H,7H2,1-2H3,(H,20,22)/b17-6-. The van der Waals surface area contributed by atoms with E-state index in [0.717, 1.165) is 17.6 Å². The topological polar surface area (TPSA) is 131 Å². The van der Waals surface area contributed by atoms with Crippen LogP contribution in [0.25, 0.3) is 0 Å². The van der Waals surface area contributed by atoms with E-state index in [-0.39, 0.29) is 22.8 Å². The minimum absolute atomic E-state index is 0.0543. The van der Waals surface area contributed by atoms with Crippen LogP contribution in [0.2, 0.25) is 0 Å². The largest absolute Gasteiger partial charge is 0.506 e. The molecule has 2 rings (SSSR count).